The Morgan fingerprint density at radius 3 is 2.95 bits per heavy atom. The van der Waals surface area contributed by atoms with Gasteiger partial charge in [0.1, 0.15) is 17.6 Å². The van der Waals surface area contributed by atoms with Gasteiger partial charge in [0.2, 0.25) is 0 Å². The van der Waals surface area contributed by atoms with E-state index in [0.717, 1.165) is 24.0 Å². The maximum atomic E-state index is 13.3. The summed E-state index contributed by atoms with van der Waals surface area (Å²) in [5.41, 5.74) is 2.77. The average molecular weight is 268 g/mol. The van der Waals surface area contributed by atoms with Crippen molar-refractivity contribution in [3.8, 4) is 11.8 Å². The number of fused-ring (bicyclic) bond motifs is 1. The molecule has 0 aromatic heterocycles. The van der Waals surface area contributed by atoms with E-state index in [1.165, 1.54) is 12.1 Å². The molecular weight excluding hydrogens is 255 g/mol. The monoisotopic (exact) mass is 268 g/mol. The molecule has 0 aliphatic heterocycles. The number of anilines is 1. The van der Waals surface area contributed by atoms with Gasteiger partial charge in [0.15, 0.2) is 0 Å². The minimum absolute atomic E-state index is 0.0316. The Hall–Kier alpha value is -2.54. The highest BCUT2D eigenvalue weighted by molar-refractivity contribution is 5.54. The predicted molar refractivity (Wildman–Crippen MR) is 73.9 cm³/mol. The van der Waals surface area contributed by atoms with Crippen molar-refractivity contribution in [2.24, 2.45) is 0 Å². The van der Waals surface area contributed by atoms with Gasteiger partial charge >= 0.3 is 0 Å². The van der Waals surface area contributed by atoms with Crippen LogP contribution in [0.1, 0.15) is 29.2 Å². The topological polar surface area (TPSA) is 56.0 Å². The van der Waals surface area contributed by atoms with Crippen LogP contribution in [0.5, 0.6) is 5.75 Å². The van der Waals surface area contributed by atoms with Crippen LogP contribution in [-0.4, -0.2) is 5.11 Å². The summed E-state index contributed by atoms with van der Waals surface area (Å²) in [5, 5.41) is 22.0. The quantitative estimate of drug-likeness (QED) is 0.876. The summed E-state index contributed by atoms with van der Waals surface area (Å²) in [5.74, 6) is -0.189. The Labute approximate surface area is 116 Å². The molecule has 2 N–H and O–H groups in total. The van der Waals surface area contributed by atoms with Crippen molar-refractivity contribution in [2.45, 2.75) is 18.9 Å². The fraction of sp³-hybridized carbons (Fsp3) is 0.188. The normalized spacial score (nSPS) is 16.5. The molecule has 0 saturated heterocycles. The van der Waals surface area contributed by atoms with Gasteiger partial charge in [-0.3, -0.25) is 0 Å². The van der Waals surface area contributed by atoms with Crippen LogP contribution in [0, 0.1) is 17.1 Å². The third kappa shape index (κ3) is 2.08. The zero-order valence-corrected chi connectivity index (χ0v) is 10.7. The van der Waals surface area contributed by atoms with Gasteiger partial charge in [-0.15, -0.1) is 0 Å². The Bertz CT molecular complexity index is 706. The van der Waals surface area contributed by atoms with Crippen LogP contribution in [0.4, 0.5) is 10.1 Å². The molecule has 100 valence electrons. The minimum Gasteiger partial charge on any atom is -0.508 e. The second-order valence-electron chi connectivity index (χ2n) is 4.89. The van der Waals surface area contributed by atoms with Gasteiger partial charge in [-0.25, -0.2) is 4.39 Å². The van der Waals surface area contributed by atoms with Gasteiger partial charge in [0, 0.05) is 5.69 Å². The molecule has 1 aliphatic carbocycles. The highest BCUT2D eigenvalue weighted by Crippen LogP contribution is 2.38. The number of phenolic OH excluding ortho intramolecular Hbond substituents is 1. The van der Waals surface area contributed by atoms with Crippen molar-refractivity contribution in [2.75, 3.05) is 5.32 Å². The standard InChI is InChI=1S/C16H13FN2O/c17-14-6-4-11(8-10(14)9-18)19-15-7-5-13-12(15)2-1-3-16(13)20/h1-4,6,8,15,19-20H,5,7H2. The molecule has 0 saturated carbocycles. The van der Waals surface area contributed by atoms with Crippen molar-refractivity contribution < 1.29 is 9.50 Å². The molecule has 1 unspecified atom stereocenters. The Balaban J connectivity index is 1.88. The van der Waals surface area contributed by atoms with E-state index in [2.05, 4.69) is 5.32 Å². The van der Waals surface area contributed by atoms with Crippen LogP contribution in [0.15, 0.2) is 36.4 Å². The molecule has 0 bridgehead atoms. The van der Waals surface area contributed by atoms with Crippen LogP contribution < -0.4 is 5.32 Å². The zero-order valence-electron chi connectivity index (χ0n) is 10.7. The summed E-state index contributed by atoms with van der Waals surface area (Å²) in [6.07, 6.45) is 1.68. The van der Waals surface area contributed by atoms with E-state index in [1.54, 1.807) is 12.1 Å². The van der Waals surface area contributed by atoms with Crippen LogP contribution in [0.3, 0.4) is 0 Å². The van der Waals surface area contributed by atoms with Crippen LogP contribution in [0.2, 0.25) is 0 Å². The lowest BCUT2D eigenvalue weighted by atomic mass is 10.1. The second-order valence-corrected chi connectivity index (χ2v) is 4.89. The fourth-order valence-corrected chi connectivity index (χ4v) is 2.69. The molecule has 0 radical (unpaired) electrons. The summed E-state index contributed by atoms with van der Waals surface area (Å²) < 4.78 is 13.3. The number of benzene rings is 2. The number of phenols is 1. The molecule has 3 rings (SSSR count). The number of nitrogens with one attached hydrogen (secondary N) is 1. The molecular formula is C16H13FN2O. The number of nitriles is 1. The van der Waals surface area contributed by atoms with Gasteiger partial charge in [-0.2, -0.15) is 5.26 Å². The lowest BCUT2D eigenvalue weighted by Gasteiger charge is -2.16. The first kappa shape index (κ1) is 12.5. The summed E-state index contributed by atoms with van der Waals surface area (Å²) >= 11 is 0. The van der Waals surface area contributed by atoms with Crippen LogP contribution in [0.25, 0.3) is 0 Å². The molecule has 0 heterocycles. The number of hydrogen-bond donors (Lipinski definition) is 2. The van der Waals surface area contributed by atoms with Crippen molar-refractivity contribution in [1.82, 2.24) is 0 Å². The van der Waals surface area contributed by atoms with Gasteiger partial charge < -0.3 is 10.4 Å². The molecule has 3 nitrogen and oxygen atoms in total. The average Bonchev–Trinajstić information content (AvgIpc) is 2.86. The lowest BCUT2D eigenvalue weighted by Crippen LogP contribution is -2.07. The lowest BCUT2D eigenvalue weighted by molar-refractivity contribution is 0.469. The van der Waals surface area contributed by atoms with Gasteiger partial charge in [-0.05, 0) is 48.2 Å². The van der Waals surface area contributed by atoms with Crippen LogP contribution in [-0.2, 0) is 6.42 Å². The van der Waals surface area contributed by atoms with E-state index < -0.39 is 5.82 Å². The van der Waals surface area contributed by atoms with Gasteiger partial charge in [0.25, 0.3) is 0 Å². The van der Waals surface area contributed by atoms with E-state index in [-0.39, 0.29) is 11.6 Å². The number of rotatable bonds is 2. The molecule has 2 aromatic rings. The van der Waals surface area contributed by atoms with Crippen molar-refractivity contribution >= 4 is 5.69 Å². The van der Waals surface area contributed by atoms with Crippen molar-refractivity contribution in [3.05, 3.63) is 58.9 Å². The zero-order chi connectivity index (χ0) is 14.1. The first-order chi connectivity index (χ1) is 9.69. The molecule has 2 aromatic carbocycles. The van der Waals surface area contributed by atoms with Gasteiger partial charge in [0.05, 0.1) is 11.6 Å². The number of aromatic hydroxyl groups is 1. The molecule has 1 aliphatic rings. The molecule has 1 atom stereocenters. The van der Waals surface area contributed by atoms with Crippen molar-refractivity contribution in [3.63, 3.8) is 0 Å². The SMILES string of the molecule is N#Cc1cc(NC2CCc3c(O)cccc32)ccc1F. The third-order valence-corrected chi connectivity index (χ3v) is 3.67. The van der Waals surface area contributed by atoms with E-state index in [9.17, 15) is 9.50 Å². The van der Waals surface area contributed by atoms with E-state index >= 15 is 0 Å². The third-order valence-electron chi connectivity index (χ3n) is 3.67. The van der Waals surface area contributed by atoms with Crippen molar-refractivity contribution in [1.29, 1.82) is 5.26 Å². The van der Waals surface area contributed by atoms with Gasteiger partial charge in [-0.1, -0.05) is 12.1 Å². The predicted octanol–water partition coefficient (Wildman–Crippen LogP) is 3.50. The Morgan fingerprint density at radius 1 is 1.30 bits per heavy atom. The number of hydrogen-bond acceptors (Lipinski definition) is 3. The Kier molecular flexibility index (Phi) is 3.03. The molecule has 0 fully saturated rings. The largest absolute Gasteiger partial charge is 0.508 e. The minimum atomic E-state index is -0.512. The van der Waals surface area contributed by atoms with Crippen LogP contribution >= 0.6 is 0 Å². The van der Waals surface area contributed by atoms with E-state index in [1.807, 2.05) is 18.2 Å². The molecule has 0 spiro atoms. The maximum Gasteiger partial charge on any atom is 0.141 e. The molecule has 20 heavy (non-hydrogen) atoms. The number of nitrogens with zero attached hydrogens (tertiary/aromatic N) is 1. The maximum absolute atomic E-state index is 13.3. The highest BCUT2D eigenvalue weighted by Gasteiger charge is 2.24. The Morgan fingerprint density at radius 2 is 2.15 bits per heavy atom. The summed E-state index contributed by atoms with van der Waals surface area (Å²) in [6, 6.07) is 11.8. The summed E-state index contributed by atoms with van der Waals surface area (Å²) in [7, 11) is 0. The summed E-state index contributed by atoms with van der Waals surface area (Å²) in [6.45, 7) is 0. The second kappa shape index (κ2) is 4.86. The highest BCUT2D eigenvalue weighted by atomic mass is 19.1. The first-order valence-corrected chi connectivity index (χ1v) is 6.46. The first-order valence-electron chi connectivity index (χ1n) is 6.46. The molecule has 4 heteroatoms. The van der Waals surface area contributed by atoms with E-state index in [4.69, 9.17) is 5.26 Å². The van der Waals surface area contributed by atoms with E-state index in [0.29, 0.717) is 11.4 Å². The smallest absolute Gasteiger partial charge is 0.141 e. The summed E-state index contributed by atoms with van der Waals surface area (Å²) in [4.78, 5) is 0. The molecule has 0 amide bonds. The number of halogens is 1. The fourth-order valence-electron chi connectivity index (χ4n) is 2.69.